The van der Waals surface area contributed by atoms with E-state index in [1.165, 1.54) is 0 Å². The van der Waals surface area contributed by atoms with E-state index in [1.807, 2.05) is 84.9 Å². The molecule has 6 rings (SSSR count). The lowest BCUT2D eigenvalue weighted by atomic mass is 9.73. The zero-order valence-corrected chi connectivity index (χ0v) is 26.4. The van der Waals surface area contributed by atoms with Gasteiger partial charge in [-0.15, -0.1) is 0 Å². The van der Waals surface area contributed by atoms with Crippen LogP contribution in [0.3, 0.4) is 0 Å². The van der Waals surface area contributed by atoms with Crippen molar-refractivity contribution in [3.05, 3.63) is 114 Å². The maximum absolute atomic E-state index is 13.8. The van der Waals surface area contributed by atoms with Crippen LogP contribution < -0.4 is 10.6 Å². The lowest BCUT2D eigenvalue weighted by Crippen LogP contribution is -2.47. The molecule has 3 aromatic carbocycles. The number of hydrogen-bond donors (Lipinski definition) is 2. The zero-order valence-electron chi connectivity index (χ0n) is 26.4. The van der Waals surface area contributed by atoms with Crippen LogP contribution in [0.25, 0.3) is 22.3 Å². The van der Waals surface area contributed by atoms with Gasteiger partial charge in [-0.1, -0.05) is 111 Å². The van der Waals surface area contributed by atoms with Gasteiger partial charge in [-0.05, 0) is 71.0 Å². The van der Waals surface area contributed by atoms with Gasteiger partial charge in [0.25, 0.3) is 5.91 Å². The monoisotopic (exact) mass is 639 g/mol. The fourth-order valence-electron chi connectivity index (χ4n) is 7.63. The Labute approximate surface area is 274 Å². The van der Waals surface area contributed by atoms with E-state index in [4.69, 9.17) is 0 Å². The molecule has 2 N–H and O–H groups in total. The molecule has 1 saturated carbocycles. The minimum atomic E-state index is -4.49. The maximum Gasteiger partial charge on any atom is 0.405 e. The van der Waals surface area contributed by atoms with Crippen molar-refractivity contribution in [2.45, 2.75) is 75.4 Å². The first-order chi connectivity index (χ1) is 22.8. The molecule has 47 heavy (non-hydrogen) atoms. The van der Waals surface area contributed by atoms with Crippen molar-refractivity contribution in [2.75, 3.05) is 6.54 Å². The summed E-state index contributed by atoms with van der Waals surface area (Å²) in [5.41, 5.74) is 4.61. The second kappa shape index (κ2) is 14.1. The van der Waals surface area contributed by atoms with E-state index in [9.17, 15) is 22.8 Å². The standard InChI is InChI=1S/C39H40F3N3O2/c40-39(41,42)26-44-37(47)38(34-18-6-4-16-31(34)32-17-5-7-19-35(32)38)23-9-8-11-27-12-10-15-29(21-20-27)45-36(46)33-25-43-24-22-30(33)28-13-2-1-3-14-28/h1-7,13-14,16-19,22,24-25,27,29H,8-12,15,20-21,23,26H2,(H,44,47)(H,45,46). The molecule has 1 fully saturated rings. The number of hydrogen-bond acceptors (Lipinski definition) is 3. The Morgan fingerprint density at radius 3 is 2.17 bits per heavy atom. The van der Waals surface area contributed by atoms with E-state index >= 15 is 0 Å². The van der Waals surface area contributed by atoms with Crippen LogP contribution in [0.4, 0.5) is 13.2 Å². The number of halogens is 3. The molecule has 4 aromatic rings. The summed E-state index contributed by atoms with van der Waals surface area (Å²) in [6.45, 7) is -1.36. The Hall–Kier alpha value is -4.46. The van der Waals surface area contributed by atoms with Gasteiger partial charge in [0.2, 0.25) is 5.91 Å². The molecule has 1 heterocycles. The van der Waals surface area contributed by atoms with Crippen molar-refractivity contribution in [1.82, 2.24) is 15.6 Å². The Balaban J connectivity index is 1.08. The number of nitrogens with zero attached hydrogens (tertiary/aromatic N) is 1. The molecule has 0 bridgehead atoms. The topological polar surface area (TPSA) is 71.1 Å². The highest BCUT2D eigenvalue weighted by Gasteiger charge is 2.49. The highest BCUT2D eigenvalue weighted by Crippen LogP contribution is 2.51. The summed E-state index contributed by atoms with van der Waals surface area (Å²) in [5.74, 6) is -0.204. The molecule has 2 aliphatic carbocycles. The first-order valence-electron chi connectivity index (χ1n) is 16.6. The third-order valence-electron chi connectivity index (χ3n) is 9.89. The molecular weight excluding hydrogens is 599 g/mol. The molecule has 2 amide bonds. The third-order valence-corrected chi connectivity index (χ3v) is 9.89. The number of benzene rings is 3. The number of unbranched alkanes of at least 4 members (excludes halogenated alkanes) is 1. The molecule has 0 spiro atoms. The number of amides is 2. The average molecular weight is 640 g/mol. The molecule has 2 atom stereocenters. The summed E-state index contributed by atoms with van der Waals surface area (Å²) in [4.78, 5) is 31.3. The van der Waals surface area contributed by atoms with Gasteiger partial charge in [-0.3, -0.25) is 14.6 Å². The summed E-state index contributed by atoms with van der Waals surface area (Å²) in [6.07, 6.45) is 6.72. The zero-order chi connectivity index (χ0) is 32.9. The van der Waals surface area contributed by atoms with E-state index in [0.29, 0.717) is 24.3 Å². The van der Waals surface area contributed by atoms with Crippen LogP contribution >= 0.6 is 0 Å². The number of carbonyl (C=O) groups is 2. The largest absolute Gasteiger partial charge is 0.405 e. The third kappa shape index (κ3) is 7.11. The van der Waals surface area contributed by atoms with Crippen molar-refractivity contribution < 1.29 is 22.8 Å². The molecule has 0 radical (unpaired) electrons. The van der Waals surface area contributed by atoms with Crippen LogP contribution in [0.15, 0.2) is 97.3 Å². The SMILES string of the molecule is O=C(NC1CCCC(CCCCC2(C(=O)NCC(F)(F)F)c3ccccc3-c3ccccc32)CC1)c1cnccc1-c1ccccc1. The summed E-state index contributed by atoms with van der Waals surface area (Å²) in [6, 6.07) is 27.0. The molecular formula is C39H40F3N3O2. The van der Waals surface area contributed by atoms with E-state index < -0.39 is 24.0 Å². The summed E-state index contributed by atoms with van der Waals surface area (Å²) in [5, 5.41) is 5.49. The van der Waals surface area contributed by atoms with Crippen molar-refractivity contribution >= 4 is 11.8 Å². The summed E-state index contributed by atoms with van der Waals surface area (Å²) < 4.78 is 39.6. The molecule has 1 aromatic heterocycles. The van der Waals surface area contributed by atoms with Gasteiger partial charge >= 0.3 is 6.18 Å². The van der Waals surface area contributed by atoms with E-state index in [0.717, 1.165) is 78.3 Å². The second-order valence-electron chi connectivity index (χ2n) is 12.9. The lowest BCUT2D eigenvalue weighted by molar-refractivity contribution is -0.141. The number of nitrogens with one attached hydrogen (secondary N) is 2. The number of fused-ring (bicyclic) bond motifs is 3. The van der Waals surface area contributed by atoms with Crippen LogP contribution in [0, 0.1) is 5.92 Å². The number of carbonyl (C=O) groups excluding carboxylic acids is 2. The Bertz CT molecular complexity index is 1660. The second-order valence-corrected chi connectivity index (χ2v) is 12.9. The van der Waals surface area contributed by atoms with Gasteiger partial charge in [-0.25, -0.2) is 0 Å². The van der Waals surface area contributed by atoms with E-state index in [-0.39, 0.29) is 11.9 Å². The molecule has 8 heteroatoms. The highest BCUT2D eigenvalue weighted by atomic mass is 19.4. The predicted molar refractivity (Wildman–Crippen MR) is 178 cm³/mol. The minimum absolute atomic E-state index is 0.0865. The summed E-state index contributed by atoms with van der Waals surface area (Å²) >= 11 is 0. The van der Waals surface area contributed by atoms with Gasteiger partial charge in [0, 0.05) is 18.4 Å². The fourth-order valence-corrected chi connectivity index (χ4v) is 7.63. The normalized spacial score (nSPS) is 18.4. The molecule has 244 valence electrons. The Kier molecular flexibility index (Phi) is 9.76. The first-order valence-corrected chi connectivity index (χ1v) is 16.6. The van der Waals surface area contributed by atoms with Crippen LogP contribution in [-0.2, 0) is 10.2 Å². The number of aromatic nitrogens is 1. The van der Waals surface area contributed by atoms with Gasteiger partial charge < -0.3 is 10.6 Å². The number of pyridine rings is 1. The van der Waals surface area contributed by atoms with Crippen molar-refractivity contribution in [3.8, 4) is 22.3 Å². The molecule has 2 unspecified atom stereocenters. The quantitative estimate of drug-likeness (QED) is 0.135. The van der Waals surface area contributed by atoms with E-state index in [1.54, 1.807) is 12.4 Å². The van der Waals surface area contributed by atoms with Crippen molar-refractivity contribution in [3.63, 3.8) is 0 Å². The van der Waals surface area contributed by atoms with Crippen molar-refractivity contribution in [2.24, 2.45) is 5.92 Å². The molecule has 5 nitrogen and oxygen atoms in total. The molecule has 0 aliphatic heterocycles. The molecule has 2 aliphatic rings. The van der Waals surface area contributed by atoms with Gasteiger partial charge in [0.05, 0.1) is 5.56 Å². The van der Waals surface area contributed by atoms with Gasteiger partial charge in [-0.2, -0.15) is 13.2 Å². The predicted octanol–water partition coefficient (Wildman–Crippen LogP) is 8.63. The van der Waals surface area contributed by atoms with E-state index in [2.05, 4.69) is 15.6 Å². The lowest BCUT2D eigenvalue weighted by Gasteiger charge is -2.31. The van der Waals surface area contributed by atoms with Gasteiger partial charge in [0.15, 0.2) is 0 Å². The fraction of sp³-hybridized carbons (Fsp3) is 0.359. The number of alkyl halides is 3. The molecule has 0 saturated heterocycles. The van der Waals surface area contributed by atoms with Crippen molar-refractivity contribution in [1.29, 1.82) is 0 Å². The van der Waals surface area contributed by atoms with Crippen LogP contribution in [0.1, 0.15) is 79.3 Å². The maximum atomic E-state index is 13.8. The smallest absolute Gasteiger partial charge is 0.349 e. The summed E-state index contributed by atoms with van der Waals surface area (Å²) in [7, 11) is 0. The Morgan fingerprint density at radius 2 is 1.47 bits per heavy atom. The number of rotatable bonds is 10. The van der Waals surface area contributed by atoms with Crippen LogP contribution in [0.5, 0.6) is 0 Å². The van der Waals surface area contributed by atoms with Crippen LogP contribution in [0.2, 0.25) is 0 Å². The first kappa shape index (κ1) is 32.5. The average Bonchev–Trinajstić information content (AvgIpc) is 3.19. The van der Waals surface area contributed by atoms with Gasteiger partial charge in [0.1, 0.15) is 12.0 Å². The Morgan fingerprint density at radius 1 is 0.787 bits per heavy atom. The highest BCUT2D eigenvalue weighted by molar-refractivity contribution is 6.01. The minimum Gasteiger partial charge on any atom is -0.349 e. The van der Waals surface area contributed by atoms with Crippen LogP contribution in [-0.4, -0.2) is 35.6 Å².